The highest BCUT2D eigenvalue weighted by molar-refractivity contribution is 5.81. The van der Waals surface area contributed by atoms with Crippen molar-refractivity contribution < 1.29 is 19.4 Å². The summed E-state index contributed by atoms with van der Waals surface area (Å²) in [6, 6.07) is 5.44. The Morgan fingerprint density at radius 3 is 2.84 bits per heavy atom. The third-order valence-corrected chi connectivity index (χ3v) is 3.03. The molecule has 1 aromatic rings. The van der Waals surface area contributed by atoms with Gasteiger partial charge in [-0.15, -0.1) is 0 Å². The monoisotopic (exact) mass is 265 g/mol. The molecule has 1 saturated carbocycles. The maximum Gasteiger partial charge on any atom is 0.260 e. The van der Waals surface area contributed by atoms with E-state index < -0.39 is 6.10 Å². The normalized spacial score (nSPS) is 15.7. The summed E-state index contributed by atoms with van der Waals surface area (Å²) in [4.78, 5) is 11.8. The number of hydrogen-bond donors (Lipinski definition) is 2. The molecule has 1 aliphatic rings. The summed E-state index contributed by atoms with van der Waals surface area (Å²) in [6.07, 6.45) is 1.51. The van der Waals surface area contributed by atoms with Gasteiger partial charge in [0.25, 0.3) is 5.91 Å². The number of hydrogen-bond acceptors (Lipinski definition) is 4. The molecule has 1 aliphatic carbocycles. The minimum atomic E-state index is -0.584. The highest BCUT2D eigenvalue weighted by atomic mass is 16.5. The lowest BCUT2D eigenvalue weighted by molar-refractivity contribution is -0.127. The van der Waals surface area contributed by atoms with Gasteiger partial charge in [-0.3, -0.25) is 4.79 Å². The SMILES string of the molecule is COc1ccc(OC(C)C(=O)NC2CC2)c(CO)c1. The van der Waals surface area contributed by atoms with Crippen LogP contribution in [-0.2, 0) is 11.4 Å². The molecule has 0 heterocycles. The Labute approximate surface area is 112 Å². The lowest BCUT2D eigenvalue weighted by Crippen LogP contribution is -2.37. The van der Waals surface area contributed by atoms with Crippen LogP contribution in [0.5, 0.6) is 11.5 Å². The number of aliphatic hydroxyl groups excluding tert-OH is 1. The Kier molecular flexibility index (Phi) is 4.27. The zero-order chi connectivity index (χ0) is 13.8. The van der Waals surface area contributed by atoms with Gasteiger partial charge in [0.15, 0.2) is 6.10 Å². The van der Waals surface area contributed by atoms with E-state index in [4.69, 9.17) is 9.47 Å². The molecule has 2 rings (SSSR count). The number of benzene rings is 1. The first-order valence-electron chi connectivity index (χ1n) is 6.39. The second kappa shape index (κ2) is 5.93. The van der Waals surface area contributed by atoms with Crippen molar-refractivity contribution >= 4 is 5.91 Å². The van der Waals surface area contributed by atoms with Crippen molar-refractivity contribution in [2.45, 2.75) is 38.5 Å². The van der Waals surface area contributed by atoms with Gasteiger partial charge >= 0.3 is 0 Å². The number of amides is 1. The van der Waals surface area contributed by atoms with E-state index in [1.807, 2.05) is 0 Å². The minimum absolute atomic E-state index is 0.123. The van der Waals surface area contributed by atoms with Gasteiger partial charge in [0.05, 0.1) is 13.7 Å². The van der Waals surface area contributed by atoms with Gasteiger partial charge in [0, 0.05) is 11.6 Å². The summed E-state index contributed by atoms with van der Waals surface area (Å²) in [7, 11) is 1.56. The number of carbonyl (C=O) groups is 1. The predicted octanol–water partition coefficient (Wildman–Crippen LogP) is 1.23. The first kappa shape index (κ1) is 13.7. The summed E-state index contributed by atoms with van der Waals surface area (Å²) in [5.74, 6) is 1.02. The largest absolute Gasteiger partial charge is 0.497 e. The molecule has 5 heteroatoms. The van der Waals surface area contributed by atoms with Crippen molar-refractivity contribution in [1.29, 1.82) is 0 Å². The van der Waals surface area contributed by atoms with Crippen LogP contribution in [-0.4, -0.2) is 30.3 Å². The Morgan fingerprint density at radius 1 is 1.53 bits per heavy atom. The van der Waals surface area contributed by atoms with E-state index in [9.17, 15) is 9.90 Å². The lowest BCUT2D eigenvalue weighted by atomic mass is 10.2. The fourth-order valence-electron chi connectivity index (χ4n) is 1.71. The summed E-state index contributed by atoms with van der Waals surface area (Å²) in [6.45, 7) is 1.53. The number of ether oxygens (including phenoxy) is 2. The van der Waals surface area contributed by atoms with Crippen LogP contribution >= 0.6 is 0 Å². The van der Waals surface area contributed by atoms with E-state index in [0.717, 1.165) is 12.8 Å². The highest BCUT2D eigenvalue weighted by Crippen LogP contribution is 2.25. The van der Waals surface area contributed by atoms with Gasteiger partial charge in [0.1, 0.15) is 11.5 Å². The summed E-state index contributed by atoms with van der Waals surface area (Å²) < 4.78 is 10.7. The molecule has 2 N–H and O–H groups in total. The smallest absolute Gasteiger partial charge is 0.260 e. The van der Waals surface area contributed by atoms with E-state index >= 15 is 0 Å². The van der Waals surface area contributed by atoms with Gasteiger partial charge in [-0.05, 0) is 38.0 Å². The Bertz CT molecular complexity index is 457. The maximum absolute atomic E-state index is 11.8. The fourth-order valence-corrected chi connectivity index (χ4v) is 1.71. The highest BCUT2D eigenvalue weighted by Gasteiger charge is 2.26. The van der Waals surface area contributed by atoms with Gasteiger partial charge in [-0.2, -0.15) is 0 Å². The van der Waals surface area contributed by atoms with Gasteiger partial charge in [-0.1, -0.05) is 0 Å². The van der Waals surface area contributed by atoms with Crippen molar-refractivity contribution in [2.75, 3.05) is 7.11 Å². The van der Waals surface area contributed by atoms with E-state index in [2.05, 4.69) is 5.32 Å². The van der Waals surface area contributed by atoms with E-state index in [1.54, 1.807) is 32.2 Å². The van der Waals surface area contributed by atoms with E-state index in [0.29, 0.717) is 23.1 Å². The molecule has 1 aromatic carbocycles. The van der Waals surface area contributed by atoms with Crippen LogP contribution in [0, 0.1) is 0 Å². The Morgan fingerprint density at radius 2 is 2.26 bits per heavy atom. The number of aliphatic hydroxyl groups is 1. The zero-order valence-electron chi connectivity index (χ0n) is 11.2. The quantitative estimate of drug-likeness (QED) is 0.812. The predicted molar refractivity (Wildman–Crippen MR) is 70.2 cm³/mol. The van der Waals surface area contributed by atoms with Crippen molar-refractivity contribution in [3.63, 3.8) is 0 Å². The second-order valence-corrected chi connectivity index (χ2v) is 4.67. The number of rotatable bonds is 6. The molecule has 19 heavy (non-hydrogen) atoms. The molecule has 1 amide bonds. The van der Waals surface area contributed by atoms with Crippen molar-refractivity contribution in [2.24, 2.45) is 0 Å². The first-order valence-corrected chi connectivity index (χ1v) is 6.39. The molecule has 5 nitrogen and oxygen atoms in total. The van der Waals surface area contributed by atoms with Crippen LogP contribution < -0.4 is 14.8 Å². The standard InChI is InChI=1S/C14H19NO4/c1-9(14(17)15-11-3-4-11)19-13-6-5-12(18-2)7-10(13)8-16/h5-7,9,11,16H,3-4,8H2,1-2H3,(H,15,17). The average molecular weight is 265 g/mol. The van der Waals surface area contributed by atoms with Crippen molar-refractivity contribution in [3.05, 3.63) is 23.8 Å². The number of nitrogens with one attached hydrogen (secondary N) is 1. The van der Waals surface area contributed by atoms with Gasteiger partial charge in [-0.25, -0.2) is 0 Å². The molecule has 0 aliphatic heterocycles. The van der Waals surface area contributed by atoms with Crippen LogP contribution in [0.1, 0.15) is 25.3 Å². The fraction of sp³-hybridized carbons (Fsp3) is 0.500. The maximum atomic E-state index is 11.8. The van der Waals surface area contributed by atoms with Crippen LogP contribution in [0.3, 0.4) is 0 Å². The molecular weight excluding hydrogens is 246 g/mol. The third kappa shape index (κ3) is 3.61. The average Bonchev–Trinajstić information content (AvgIpc) is 3.22. The minimum Gasteiger partial charge on any atom is -0.497 e. The molecule has 0 bridgehead atoms. The van der Waals surface area contributed by atoms with Gasteiger partial charge in [0.2, 0.25) is 0 Å². The van der Waals surface area contributed by atoms with Crippen LogP contribution in [0.15, 0.2) is 18.2 Å². The number of carbonyl (C=O) groups excluding carboxylic acids is 1. The second-order valence-electron chi connectivity index (χ2n) is 4.67. The molecule has 1 fully saturated rings. The van der Waals surface area contributed by atoms with E-state index in [-0.39, 0.29) is 12.5 Å². The molecule has 0 aromatic heterocycles. The van der Waals surface area contributed by atoms with Crippen molar-refractivity contribution in [3.8, 4) is 11.5 Å². The Balaban J connectivity index is 2.02. The lowest BCUT2D eigenvalue weighted by Gasteiger charge is -2.17. The van der Waals surface area contributed by atoms with Crippen molar-refractivity contribution in [1.82, 2.24) is 5.32 Å². The van der Waals surface area contributed by atoms with Crippen LogP contribution in [0.25, 0.3) is 0 Å². The molecule has 1 atom stereocenters. The molecule has 104 valence electrons. The van der Waals surface area contributed by atoms with Crippen LogP contribution in [0.2, 0.25) is 0 Å². The van der Waals surface area contributed by atoms with Gasteiger partial charge < -0.3 is 19.9 Å². The third-order valence-electron chi connectivity index (χ3n) is 3.03. The zero-order valence-corrected chi connectivity index (χ0v) is 11.2. The molecular formula is C14H19NO4. The Hall–Kier alpha value is -1.75. The molecule has 0 radical (unpaired) electrons. The van der Waals surface area contributed by atoms with E-state index in [1.165, 1.54) is 0 Å². The molecule has 0 spiro atoms. The molecule has 1 unspecified atom stereocenters. The first-order chi connectivity index (χ1) is 9.13. The summed E-state index contributed by atoms with van der Waals surface area (Å²) in [5.41, 5.74) is 0.602. The number of methoxy groups -OCH3 is 1. The summed E-state index contributed by atoms with van der Waals surface area (Å²) in [5, 5.41) is 12.2. The molecule has 0 saturated heterocycles. The summed E-state index contributed by atoms with van der Waals surface area (Å²) >= 11 is 0. The topological polar surface area (TPSA) is 67.8 Å². The van der Waals surface area contributed by atoms with Crippen LogP contribution in [0.4, 0.5) is 0 Å².